The molecule has 0 amide bonds. The molecule has 0 heterocycles. The van der Waals surface area contributed by atoms with Crippen LogP contribution in [0.5, 0.6) is 11.5 Å². The van der Waals surface area contributed by atoms with E-state index in [1.54, 1.807) is 12.1 Å². The molecule has 2 aromatic carbocycles. The lowest BCUT2D eigenvalue weighted by atomic mass is 10.1. The molecule has 0 aromatic heterocycles. The van der Waals surface area contributed by atoms with Crippen molar-refractivity contribution >= 4 is 15.9 Å². The van der Waals surface area contributed by atoms with Gasteiger partial charge in [0.2, 0.25) is 0 Å². The summed E-state index contributed by atoms with van der Waals surface area (Å²) in [5.74, 6) is 1.12. The molecule has 4 heteroatoms. The van der Waals surface area contributed by atoms with E-state index in [2.05, 4.69) is 42.0 Å². The standard InChI is InChI=1S/C17H19BrFNO/c1-17(2,3)20-11-12-10-13(18)4-9-16(12)21-15-7-5-14(19)6-8-15/h4-10,20H,11H2,1-3H3. The zero-order valence-electron chi connectivity index (χ0n) is 12.4. The highest BCUT2D eigenvalue weighted by molar-refractivity contribution is 9.10. The minimum Gasteiger partial charge on any atom is -0.457 e. The highest BCUT2D eigenvalue weighted by atomic mass is 79.9. The van der Waals surface area contributed by atoms with Gasteiger partial charge < -0.3 is 10.1 Å². The molecule has 2 rings (SSSR count). The third-order valence-corrected chi connectivity index (χ3v) is 3.37. The smallest absolute Gasteiger partial charge is 0.131 e. The van der Waals surface area contributed by atoms with Crippen LogP contribution in [-0.2, 0) is 6.54 Å². The molecule has 21 heavy (non-hydrogen) atoms. The van der Waals surface area contributed by atoms with E-state index < -0.39 is 0 Å². The summed E-state index contributed by atoms with van der Waals surface area (Å²) in [4.78, 5) is 0. The molecular weight excluding hydrogens is 333 g/mol. The maximum atomic E-state index is 12.9. The average Bonchev–Trinajstić information content (AvgIpc) is 2.40. The maximum Gasteiger partial charge on any atom is 0.131 e. The van der Waals surface area contributed by atoms with E-state index in [9.17, 15) is 4.39 Å². The monoisotopic (exact) mass is 351 g/mol. The number of hydrogen-bond acceptors (Lipinski definition) is 2. The van der Waals surface area contributed by atoms with E-state index in [1.807, 2.05) is 18.2 Å². The van der Waals surface area contributed by atoms with Crippen molar-refractivity contribution in [2.45, 2.75) is 32.9 Å². The van der Waals surface area contributed by atoms with Crippen LogP contribution in [0.25, 0.3) is 0 Å². The van der Waals surface area contributed by atoms with Crippen LogP contribution >= 0.6 is 15.9 Å². The Balaban J connectivity index is 2.20. The molecule has 0 fully saturated rings. The molecular formula is C17H19BrFNO. The normalized spacial score (nSPS) is 11.5. The summed E-state index contributed by atoms with van der Waals surface area (Å²) < 4.78 is 19.8. The summed E-state index contributed by atoms with van der Waals surface area (Å²) in [5, 5.41) is 3.44. The number of benzene rings is 2. The number of nitrogens with one attached hydrogen (secondary N) is 1. The lowest BCUT2D eigenvalue weighted by molar-refractivity contribution is 0.414. The van der Waals surface area contributed by atoms with Crippen molar-refractivity contribution in [3.63, 3.8) is 0 Å². The molecule has 0 saturated heterocycles. The maximum absolute atomic E-state index is 12.9. The Morgan fingerprint density at radius 2 is 1.76 bits per heavy atom. The van der Waals surface area contributed by atoms with Gasteiger partial charge in [0, 0.05) is 22.1 Å². The largest absolute Gasteiger partial charge is 0.457 e. The second-order valence-electron chi connectivity index (χ2n) is 5.91. The first kappa shape index (κ1) is 16.0. The molecule has 0 aliphatic heterocycles. The summed E-state index contributed by atoms with van der Waals surface area (Å²) in [7, 11) is 0. The van der Waals surface area contributed by atoms with Gasteiger partial charge in [-0.3, -0.25) is 0 Å². The second kappa shape index (κ2) is 6.58. The molecule has 112 valence electrons. The highest BCUT2D eigenvalue weighted by Crippen LogP contribution is 2.28. The van der Waals surface area contributed by atoms with Crippen LogP contribution in [0.4, 0.5) is 4.39 Å². The van der Waals surface area contributed by atoms with E-state index >= 15 is 0 Å². The zero-order valence-corrected chi connectivity index (χ0v) is 14.0. The Hall–Kier alpha value is -1.39. The first-order valence-corrected chi connectivity index (χ1v) is 7.60. The Morgan fingerprint density at radius 3 is 2.38 bits per heavy atom. The summed E-state index contributed by atoms with van der Waals surface area (Å²) in [6, 6.07) is 11.9. The fourth-order valence-electron chi connectivity index (χ4n) is 1.78. The van der Waals surface area contributed by atoms with E-state index in [0.717, 1.165) is 15.8 Å². The second-order valence-corrected chi connectivity index (χ2v) is 6.83. The van der Waals surface area contributed by atoms with Gasteiger partial charge in [0.25, 0.3) is 0 Å². The van der Waals surface area contributed by atoms with Crippen molar-refractivity contribution in [2.75, 3.05) is 0 Å². The summed E-state index contributed by atoms with van der Waals surface area (Å²) in [5.41, 5.74) is 1.07. The van der Waals surface area contributed by atoms with Crippen molar-refractivity contribution in [3.8, 4) is 11.5 Å². The first-order valence-electron chi connectivity index (χ1n) is 6.80. The molecule has 0 saturated carbocycles. The molecule has 1 N–H and O–H groups in total. The molecule has 0 unspecified atom stereocenters. The van der Waals surface area contributed by atoms with Crippen LogP contribution in [0.3, 0.4) is 0 Å². The fraction of sp³-hybridized carbons (Fsp3) is 0.294. The molecule has 2 aromatic rings. The Bertz CT molecular complexity index is 605. The van der Waals surface area contributed by atoms with E-state index in [0.29, 0.717) is 12.3 Å². The molecule has 0 aliphatic carbocycles. The number of hydrogen-bond donors (Lipinski definition) is 1. The highest BCUT2D eigenvalue weighted by Gasteiger charge is 2.12. The lowest BCUT2D eigenvalue weighted by Crippen LogP contribution is -2.35. The van der Waals surface area contributed by atoms with Crippen LogP contribution in [0.1, 0.15) is 26.3 Å². The first-order chi connectivity index (χ1) is 9.83. The SMILES string of the molecule is CC(C)(C)NCc1cc(Br)ccc1Oc1ccc(F)cc1. The van der Waals surface area contributed by atoms with Crippen LogP contribution in [0.2, 0.25) is 0 Å². The number of ether oxygens (including phenoxy) is 1. The van der Waals surface area contributed by atoms with Gasteiger partial charge in [-0.05, 0) is 63.2 Å². The summed E-state index contributed by atoms with van der Waals surface area (Å²) in [6.45, 7) is 7.04. The van der Waals surface area contributed by atoms with Crippen LogP contribution in [-0.4, -0.2) is 5.54 Å². The third-order valence-electron chi connectivity index (χ3n) is 2.87. The predicted octanol–water partition coefficient (Wildman–Crippen LogP) is 5.27. The molecule has 2 nitrogen and oxygen atoms in total. The van der Waals surface area contributed by atoms with Crippen LogP contribution in [0.15, 0.2) is 46.9 Å². The van der Waals surface area contributed by atoms with Gasteiger partial charge in [-0.2, -0.15) is 0 Å². The van der Waals surface area contributed by atoms with Crippen LogP contribution < -0.4 is 10.1 Å². The van der Waals surface area contributed by atoms with Gasteiger partial charge in [-0.25, -0.2) is 4.39 Å². The van der Waals surface area contributed by atoms with Gasteiger partial charge in [0.1, 0.15) is 17.3 Å². The summed E-state index contributed by atoms with van der Waals surface area (Å²) in [6.07, 6.45) is 0. The van der Waals surface area contributed by atoms with Crippen molar-refractivity contribution in [2.24, 2.45) is 0 Å². The van der Waals surface area contributed by atoms with Crippen molar-refractivity contribution in [1.82, 2.24) is 5.32 Å². The fourth-order valence-corrected chi connectivity index (χ4v) is 2.18. The predicted molar refractivity (Wildman–Crippen MR) is 87.2 cm³/mol. The summed E-state index contributed by atoms with van der Waals surface area (Å²) >= 11 is 3.48. The molecule has 0 radical (unpaired) electrons. The average molecular weight is 352 g/mol. The molecule has 0 aliphatic rings. The Labute approximate surface area is 133 Å². The third kappa shape index (κ3) is 5.14. The topological polar surface area (TPSA) is 21.3 Å². The number of halogens is 2. The minimum absolute atomic E-state index is 0.0233. The molecule has 0 bridgehead atoms. The van der Waals surface area contributed by atoms with E-state index in [1.165, 1.54) is 12.1 Å². The quantitative estimate of drug-likeness (QED) is 0.810. The van der Waals surface area contributed by atoms with E-state index in [4.69, 9.17) is 4.74 Å². The van der Waals surface area contributed by atoms with Gasteiger partial charge in [-0.1, -0.05) is 15.9 Å². The molecule has 0 spiro atoms. The van der Waals surface area contributed by atoms with Gasteiger partial charge in [-0.15, -0.1) is 0 Å². The van der Waals surface area contributed by atoms with Crippen molar-refractivity contribution < 1.29 is 9.13 Å². The lowest BCUT2D eigenvalue weighted by Gasteiger charge is -2.21. The van der Waals surface area contributed by atoms with Crippen LogP contribution in [0, 0.1) is 5.82 Å². The Kier molecular flexibility index (Phi) is 5.01. The Morgan fingerprint density at radius 1 is 1.10 bits per heavy atom. The van der Waals surface area contributed by atoms with Gasteiger partial charge in [0.15, 0.2) is 0 Å². The van der Waals surface area contributed by atoms with Crippen molar-refractivity contribution in [3.05, 3.63) is 58.3 Å². The van der Waals surface area contributed by atoms with Gasteiger partial charge >= 0.3 is 0 Å². The zero-order chi connectivity index (χ0) is 15.5. The van der Waals surface area contributed by atoms with Crippen molar-refractivity contribution in [1.29, 1.82) is 0 Å². The molecule has 0 atom stereocenters. The number of rotatable bonds is 4. The van der Waals surface area contributed by atoms with E-state index in [-0.39, 0.29) is 11.4 Å². The minimum atomic E-state index is -0.271. The van der Waals surface area contributed by atoms with Gasteiger partial charge in [0.05, 0.1) is 0 Å².